The van der Waals surface area contributed by atoms with Gasteiger partial charge in [0.1, 0.15) is 6.07 Å². The Morgan fingerprint density at radius 1 is 1.55 bits per heavy atom. The fourth-order valence-corrected chi connectivity index (χ4v) is 3.29. The lowest BCUT2D eigenvalue weighted by atomic mass is 9.89. The van der Waals surface area contributed by atoms with Gasteiger partial charge in [-0.1, -0.05) is 6.07 Å². The molecule has 20 heavy (non-hydrogen) atoms. The van der Waals surface area contributed by atoms with E-state index >= 15 is 0 Å². The Balaban J connectivity index is 2.32. The molecule has 0 spiro atoms. The van der Waals surface area contributed by atoms with Gasteiger partial charge in [0.05, 0.1) is 16.7 Å². The second-order valence-corrected chi connectivity index (χ2v) is 6.13. The smallest absolute Gasteiger partial charge is 0.227 e. The summed E-state index contributed by atoms with van der Waals surface area (Å²) in [6, 6.07) is 8.19. The van der Waals surface area contributed by atoms with E-state index in [1.54, 1.807) is 18.8 Å². The number of hydrogen-bond acceptors (Lipinski definition) is 4. The van der Waals surface area contributed by atoms with Gasteiger partial charge in [-0.3, -0.25) is 4.79 Å². The first-order valence-electron chi connectivity index (χ1n) is 6.60. The fourth-order valence-electron chi connectivity index (χ4n) is 2.72. The third-order valence-electron chi connectivity index (χ3n) is 3.93. The summed E-state index contributed by atoms with van der Waals surface area (Å²) in [5.74, 6) is 0.0690. The highest BCUT2D eigenvalue weighted by Crippen LogP contribution is 2.36. The largest absolute Gasteiger partial charge is 0.369 e. The standard InChI is InChI=1S/C15H19N3OS/c1-15(14(19)17-2)7-8-18(10-15)12-5-4-6-13(20-3)11(12)9-16/h4-6H,7-8,10H2,1-3H3,(H,17,19). The van der Waals surface area contributed by atoms with Crippen LogP contribution in [0.2, 0.25) is 0 Å². The zero-order valence-electron chi connectivity index (χ0n) is 12.1. The molecule has 1 heterocycles. The van der Waals surface area contributed by atoms with Crippen molar-refractivity contribution >= 4 is 23.4 Å². The van der Waals surface area contributed by atoms with Crippen LogP contribution >= 0.6 is 11.8 Å². The lowest BCUT2D eigenvalue weighted by molar-refractivity contribution is -0.128. The van der Waals surface area contributed by atoms with Gasteiger partial charge in [-0.2, -0.15) is 5.26 Å². The molecule has 1 amide bonds. The van der Waals surface area contributed by atoms with E-state index in [0.29, 0.717) is 12.1 Å². The minimum absolute atomic E-state index is 0.0690. The number of nitriles is 1. The molecule has 0 aromatic heterocycles. The highest BCUT2D eigenvalue weighted by molar-refractivity contribution is 7.98. The summed E-state index contributed by atoms with van der Waals surface area (Å²) in [7, 11) is 1.67. The second-order valence-electron chi connectivity index (χ2n) is 5.28. The number of benzene rings is 1. The van der Waals surface area contributed by atoms with Crippen LogP contribution < -0.4 is 10.2 Å². The summed E-state index contributed by atoms with van der Waals surface area (Å²) in [6.45, 7) is 3.44. The van der Waals surface area contributed by atoms with Crippen LogP contribution in [-0.4, -0.2) is 32.3 Å². The molecule has 1 aromatic carbocycles. The summed E-state index contributed by atoms with van der Waals surface area (Å²) in [4.78, 5) is 15.1. The predicted octanol–water partition coefficient (Wildman–Crippen LogP) is 2.24. The third kappa shape index (κ3) is 2.48. The van der Waals surface area contributed by atoms with Crippen molar-refractivity contribution in [2.24, 2.45) is 5.41 Å². The van der Waals surface area contributed by atoms with Crippen LogP contribution in [0.3, 0.4) is 0 Å². The van der Waals surface area contributed by atoms with Crippen molar-refractivity contribution in [3.05, 3.63) is 23.8 Å². The number of nitrogens with one attached hydrogen (secondary N) is 1. The van der Waals surface area contributed by atoms with E-state index in [1.165, 1.54) is 0 Å². The van der Waals surface area contributed by atoms with Crippen molar-refractivity contribution < 1.29 is 4.79 Å². The van der Waals surface area contributed by atoms with E-state index in [2.05, 4.69) is 16.3 Å². The monoisotopic (exact) mass is 289 g/mol. The number of thioether (sulfide) groups is 1. The van der Waals surface area contributed by atoms with E-state index < -0.39 is 0 Å². The molecule has 2 rings (SSSR count). The maximum atomic E-state index is 12.0. The number of anilines is 1. The van der Waals surface area contributed by atoms with Crippen molar-refractivity contribution in [1.82, 2.24) is 5.32 Å². The lowest BCUT2D eigenvalue weighted by Crippen LogP contribution is -2.39. The molecule has 0 bridgehead atoms. The highest BCUT2D eigenvalue weighted by Gasteiger charge is 2.40. The quantitative estimate of drug-likeness (QED) is 0.867. The molecule has 1 atom stereocenters. The molecule has 0 aliphatic carbocycles. The molecule has 1 aromatic rings. The zero-order valence-corrected chi connectivity index (χ0v) is 12.9. The van der Waals surface area contributed by atoms with Crippen molar-refractivity contribution in [3.8, 4) is 6.07 Å². The van der Waals surface area contributed by atoms with Gasteiger partial charge < -0.3 is 10.2 Å². The third-order valence-corrected chi connectivity index (χ3v) is 4.71. The molecular weight excluding hydrogens is 270 g/mol. The van der Waals surface area contributed by atoms with Crippen LogP contribution in [0.25, 0.3) is 0 Å². The summed E-state index contributed by atoms with van der Waals surface area (Å²) >= 11 is 1.58. The van der Waals surface area contributed by atoms with Crippen LogP contribution in [0.5, 0.6) is 0 Å². The molecule has 1 N–H and O–H groups in total. The van der Waals surface area contributed by atoms with Crippen molar-refractivity contribution in [3.63, 3.8) is 0 Å². The molecule has 5 heteroatoms. The first-order valence-corrected chi connectivity index (χ1v) is 7.82. The lowest BCUT2D eigenvalue weighted by Gasteiger charge is -2.25. The Kier molecular flexibility index (Phi) is 4.24. The first-order chi connectivity index (χ1) is 9.55. The minimum atomic E-state index is -0.378. The van der Waals surface area contributed by atoms with Gasteiger partial charge in [0, 0.05) is 25.0 Å². The van der Waals surface area contributed by atoms with Gasteiger partial charge in [-0.05, 0) is 31.7 Å². The number of hydrogen-bond donors (Lipinski definition) is 1. The topological polar surface area (TPSA) is 56.1 Å². The molecule has 4 nitrogen and oxygen atoms in total. The van der Waals surface area contributed by atoms with Gasteiger partial charge in [0.25, 0.3) is 0 Å². The molecule has 0 saturated carbocycles. The SMILES string of the molecule is CNC(=O)C1(C)CCN(c2cccc(SC)c2C#N)C1. The van der Waals surface area contributed by atoms with Crippen LogP contribution in [0.15, 0.2) is 23.1 Å². The molecule has 106 valence electrons. The summed E-state index contributed by atoms with van der Waals surface area (Å²) in [5.41, 5.74) is 1.27. The molecule has 1 saturated heterocycles. The molecular formula is C15H19N3OS. The maximum absolute atomic E-state index is 12.0. The minimum Gasteiger partial charge on any atom is -0.369 e. The average Bonchev–Trinajstić information content (AvgIpc) is 2.88. The molecule has 1 aliphatic heterocycles. The number of amides is 1. The molecule has 1 fully saturated rings. The maximum Gasteiger partial charge on any atom is 0.227 e. The van der Waals surface area contributed by atoms with Crippen molar-refractivity contribution in [2.45, 2.75) is 18.2 Å². The van der Waals surface area contributed by atoms with Gasteiger partial charge in [0.2, 0.25) is 5.91 Å². The average molecular weight is 289 g/mol. The molecule has 0 radical (unpaired) electrons. The number of carbonyl (C=O) groups is 1. The van der Waals surface area contributed by atoms with Crippen LogP contribution in [0.1, 0.15) is 18.9 Å². The first kappa shape index (κ1) is 14.7. The summed E-state index contributed by atoms with van der Waals surface area (Å²) in [5, 5.41) is 12.1. The van der Waals surface area contributed by atoms with E-state index in [1.807, 2.05) is 31.4 Å². The van der Waals surface area contributed by atoms with Crippen LogP contribution in [0, 0.1) is 16.7 Å². The van der Waals surface area contributed by atoms with Gasteiger partial charge in [-0.15, -0.1) is 11.8 Å². The molecule has 1 aliphatic rings. The number of carbonyl (C=O) groups excluding carboxylic acids is 1. The summed E-state index contributed by atoms with van der Waals surface area (Å²) < 4.78 is 0. The normalized spacial score (nSPS) is 21.6. The second kappa shape index (κ2) is 5.76. The fraction of sp³-hybridized carbons (Fsp3) is 0.467. The predicted molar refractivity (Wildman–Crippen MR) is 81.9 cm³/mol. The number of rotatable bonds is 3. The number of nitrogens with zero attached hydrogens (tertiary/aromatic N) is 2. The van der Waals surface area contributed by atoms with E-state index in [9.17, 15) is 10.1 Å². The Morgan fingerprint density at radius 3 is 2.90 bits per heavy atom. The van der Waals surface area contributed by atoms with Gasteiger partial charge in [-0.25, -0.2) is 0 Å². The Hall–Kier alpha value is -1.67. The van der Waals surface area contributed by atoms with E-state index in [4.69, 9.17) is 0 Å². The Bertz CT molecular complexity index is 567. The van der Waals surface area contributed by atoms with Crippen molar-refractivity contribution in [2.75, 3.05) is 31.3 Å². The zero-order chi connectivity index (χ0) is 14.8. The van der Waals surface area contributed by atoms with Gasteiger partial charge in [0.15, 0.2) is 0 Å². The Morgan fingerprint density at radius 2 is 2.30 bits per heavy atom. The van der Waals surface area contributed by atoms with Gasteiger partial charge >= 0.3 is 0 Å². The molecule has 1 unspecified atom stereocenters. The highest BCUT2D eigenvalue weighted by atomic mass is 32.2. The van der Waals surface area contributed by atoms with Crippen LogP contribution in [-0.2, 0) is 4.79 Å². The summed E-state index contributed by atoms with van der Waals surface area (Å²) in [6.07, 6.45) is 2.78. The van der Waals surface area contributed by atoms with Crippen LogP contribution in [0.4, 0.5) is 5.69 Å². The van der Waals surface area contributed by atoms with Crippen molar-refractivity contribution in [1.29, 1.82) is 5.26 Å². The Labute approximate surface area is 124 Å². The van der Waals surface area contributed by atoms with E-state index in [0.717, 1.165) is 23.5 Å². The van der Waals surface area contributed by atoms with E-state index in [-0.39, 0.29) is 11.3 Å².